The monoisotopic (exact) mass is 529 g/mol. The van der Waals surface area contributed by atoms with Gasteiger partial charge in [-0.2, -0.15) is 0 Å². The zero-order chi connectivity index (χ0) is 17.6. The first-order chi connectivity index (χ1) is 12.2. The average Bonchev–Trinajstić information content (AvgIpc) is 3.09. The van der Waals surface area contributed by atoms with Crippen molar-refractivity contribution in [3.63, 3.8) is 0 Å². The van der Waals surface area contributed by atoms with Crippen LogP contribution >= 0.6 is 39.9 Å². The molecule has 1 aliphatic heterocycles. The summed E-state index contributed by atoms with van der Waals surface area (Å²) in [6, 6.07) is 12.9. The van der Waals surface area contributed by atoms with Crippen molar-refractivity contribution in [2.75, 3.05) is 25.0 Å². The van der Waals surface area contributed by atoms with Gasteiger partial charge in [-0.3, -0.25) is 9.98 Å². The summed E-state index contributed by atoms with van der Waals surface area (Å²) in [5, 5.41) is 6.89. The van der Waals surface area contributed by atoms with Gasteiger partial charge in [0.1, 0.15) is 0 Å². The van der Waals surface area contributed by atoms with E-state index in [4.69, 9.17) is 0 Å². The first-order valence-electron chi connectivity index (χ1n) is 8.54. The van der Waals surface area contributed by atoms with E-state index in [1.165, 1.54) is 11.3 Å². The molecule has 1 aliphatic rings. The van der Waals surface area contributed by atoms with Gasteiger partial charge >= 0.3 is 0 Å². The van der Waals surface area contributed by atoms with Crippen LogP contribution in [-0.4, -0.2) is 37.1 Å². The zero-order valence-corrected chi connectivity index (χ0v) is 19.0. The summed E-state index contributed by atoms with van der Waals surface area (Å²) in [5.41, 5.74) is 3.50. The largest absolute Gasteiger partial charge is 0.369 e. The molecule has 0 radical (unpaired) electrons. The number of pyridine rings is 1. The highest BCUT2D eigenvalue weighted by molar-refractivity contribution is 14.0. The average molecular weight is 530 g/mol. The van der Waals surface area contributed by atoms with E-state index in [-0.39, 0.29) is 24.0 Å². The van der Waals surface area contributed by atoms with Crippen LogP contribution < -0.4 is 15.5 Å². The molecule has 0 saturated carbocycles. The van der Waals surface area contributed by atoms with Gasteiger partial charge in [0.25, 0.3) is 0 Å². The van der Waals surface area contributed by atoms with Crippen molar-refractivity contribution < 1.29 is 0 Å². The maximum atomic E-state index is 4.42. The van der Waals surface area contributed by atoms with E-state index in [0.29, 0.717) is 12.6 Å². The predicted molar refractivity (Wildman–Crippen MR) is 122 cm³/mol. The fourth-order valence-corrected chi connectivity index (χ4v) is 3.29. The van der Waals surface area contributed by atoms with Crippen LogP contribution in [-0.2, 0) is 6.54 Å². The highest BCUT2D eigenvalue weighted by Gasteiger charge is 2.23. The summed E-state index contributed by atoms with van der Waals surface area (Å²) < 4.78 is 1.11. The molecule has 0 aliphatic carbocycles. The van der Waals surface area contributed by atoms with Gasteiger partial charge in [0.05, 0.1) is 12.2 Å². The molecule has 1 fully saturated rings. The number of aromatic nitrogens is 1. The fraction of sp³-hybridized carbons (Fsp3) is 0.368. The second kappa shape index (κ2) is 10.1. The minimum Gasteiger partial charge on any atom is -0.369 e. The third-order valence-corrected chi connectivity index (χ3v) is 5.01. The molecule has 1 aromatic carbocycles. The molecule has 1 aromatic heterocycles. The van der Waals surface area contributed by atoms with Crippen LogP contribution in [0.1, 0.15) is 17.7 Å². The van der Waals surface area contributed by atoms with Gasteiger partial charge in [-0.05, 0) is 49.2 Å². The van der Waals surface area contributed by atoms with Gasteiger partial charge in [0.15, 0.2) is 5.96 Å². The molecule has 3 rings (SSSR count). The van der Waals surface area contributed by atoms with Crippen LogP contribution in [0.4, 0.5) is 5.69 Å². The van der Waals surface area contributed by atoms with Crippen molar-refractivity contribution in [2.45, 2.75) is 25.9 Å². The quantitative estimate of drug-likeness (QED) is 0.360. The van der Waals surface area contributed by atoms with Gasteiger partial charge in [0, 0.05) is 42.5 Å². The number of nitrogens with zero attached hydrogens (tertiary/aromatic N) is 3. The molecule has 2 aromatic rings. The topological polar surface area (TPSA) is 52.6 Å². The number of halogens is 2. The van der Waals surface area contributed by atoms with Gasteiger partial charge in [0.2, 0.25) is 0 Å². The molecule has 0 spiro atoms. The van der Waals surface area contributed by atoms with Gasteiger partial charge in [-0.1, -0.05) is 22.0 Å². The number of aliphatic imine (C=N–C) groups is 1. The van der Waals surface area contributed by atoms with Crippen molar-refractivity contribution in [3.8, 4) is 0 Å². The fourth-order valence-electron chi connectivity index (χ4n) is 3.02. The number of benzene rings is 1. The lowest BCUT2D eigenvalue weighted by molar-refractivity contribution is 0.647. The first kappa shape index (κ1) is 21.0. The van der Waals surface area contributed by atoms with E-state index in [0.717, 1.165) is 35.6 Å². The van der Waals surface area contributed by atoms with Crippen LogP contribution in [0.25, 0.3) is 0 Å². The predicted octanol–water partition coefficient (Wildman–Crippen LogP) is 3.71. The molecule has 140 valence electrons. The van der Waals surface area contributed by atoms with E-state index >= 15 is 0 Å². The molecular weight excluding hydrogens is 505 g/mol. The number of hydrogen-bond acceptors (Lipinski definition) is 3. The molecule has 1 unspecified atom stereocenters. The maximum absolute atomic E-state index is 4.42. The summed E-state index contributed by atoms with van der Waals surface area (Å²) in [6.45, 7) is 4.78. The van der Waals surface area contributed by atoms with Crippen molar-refractivity contribution in [2.24, 2.45) is 4.99 Å². The van der Waals surface area contributed by atoms with Crippen LogP contribution in [0.2, 0.25) is 0 Å². The highest BCUT2D eigenvalue weighted by Crippen LogP contribution is 2.22. The van der Waals surface area contributed by atoms with Gasteiger partial charge in [-0.15, -0.1) is 24.0 Å². The molecule has 0 bridgehead atoms. The minimum absolute atomic E-state index is 0. The molecule has 2 heterocycles. The first-order valence-corrected chi connectivity index (χ1v) is 9.33. The van der Waals surface area contributed by atoms with Crippen LogP contribution in [0, 0.1) is 6.92 Å². The Balaban J connectivity index is 0.00000243. The van der Waals surface area contributed by atoms with Gasteiger partial charge < -0.3 is 15.5 Å². The third-order valence-electron chi connectivity index (χ3n) is 4.49. The van der Waals surface area contributed by atoms with Crippen LogP contribution in [0.3, 0.4) is 0 Å². The summed E-state index contributed by atoms with van der Waals surface area (Å²) in [6.07, 6.45) is 2.92. The number of nitrogens with one attached hydrogen (secondary N) is 2. The Morgan fingerprint density at radius 2 is 2.08 bits per heavy atom. The lowest BCUT2D eigenvalue weighted by Crippen LogP contribution is -2.44. The maximum Gasteiger partial charge on any atom is 0.191 e. The van der Waals surface area contributed by atoms with E-state index in [1.807, 2.05) is 19.3 Å². The van der Waals surface area contributed by atoms with Crippen molar-refractivity contribution in [1.82, 2.24) is 15.6 Å². The Labute approximate surface area is 180 Å². The normalized spacial score (nSPS) is 17.0. The van der Waals surface area contributed by atoms with E-state index in [9.17, 15) is 0 Å². The number of anilines is 1. The van der Waals surface area contributed by atoms with Crippen molar-refractivity contribution in [1.29, 1.82) is 0 Å². The molecule has 2 N–H and O–H groups in total. The molecule has 5 nitrogen and oxygen atoms in total. The molecule has 7 heteroatoms. The number of aryl methyl sites for hydroxylation is 1. The second-order valence-corrected chi connectivity index (χ2v) is 7.16. The Bertz CT molecular complexity index is 735. The highest BCUT2D eigenvalue weighted by atomic mass is 127. The Morgan fingerprint density at radius 1 is 1.31 bits per heavy atom. The van der Waals surface area contributed by atoms with Gasteiger partial charge in [-0.25, -0.2) is 0 Å². The SMILES string of the molecule is CN=C(NCc1ncccc1C)NC1CCN(c2ccc(Br)cc2)C1.I. The standard InChI is InChI=1S/C19H24BrN5.HI/c1-14-4-3-10-22-18(14)12-23-19(21-2)24-16-9-11-25(13-16)17-7-5-15(20)6-8-17;/h3-8,10,16H,9,11-13H2,1-2H3,(H2,21,23,24);1H. The summed E-state index contributed by atoms with van der Waals surface area (Å²) in [7, 11) is 1.81. The zero-order valence-electron chi connectivity index (χ0n) is 15.1. The molecule has 0 amide bonds. The molecule has 1 atom stereocenters. The Morgan fingerprint density at radius 3 is 2.77 bits per heavy atom. The van der Waals surface area contributed by atoms with E-state index < -0.39 is 0 Å². The summed E-state index contributed by atoms with van der Waals surface area (Å²) >= 11 is 3.49. The smallest absolute Gasteiger partial charge is 0.191 e. The number of hydrogen-bond donors (Lipinski definition) is 2. The van der Waals surface area contributed by atoms with Crippen LogP contribution in [0.15, 0.2) is 52.1 Å². The summed E-state index contributed by atoms with van der Waals surface area (Å²) in [4.78, 5) is 11.2. The third kappa shape index (κ3) is 5.57. The second-order valence-electron chi connectivity index (χ2n) is 6.25. The van der Waals surface area contributed by atoms with Crippen LogP contribution in [0.5, 0.6) is 0 Å². The number of rotatable bonds is 4. The number of guanidine groups is 1. The minimum atomic E-state index is 0. The molecular formula is C19H25BrIN5. The summed E-state index contributed by atoms with van der Waals surface area (Å²) in [5.74, 6) is 0.827. The lowest BCUT2D eigenvalue weighted by atomic mass is 10.2. The Kier molecular flexibility index (Phi) is 8.15. The molecule has 1 saturated heterocycles. The van der Waals surface area contributed by atoms with Crippen molar-refractivity contribution in [3.05, 3.63) is 58.3 Å². The molecule has 26 heavy (non-hydrogen) atoms. The van der Waals surface area contributed by atoms with E-state index in [2.05, 4.69) is 78.7 Å². The lowest BCUT2D eigenvalue weighted by Gasteiger charge is -2.20. The Hall–Kier alpha value is -1.35. The van der Waals surface area contributed by atoms with E-state index in [1.54, 1.807) is 0 Å². The van der Waals surface area contributed by atoms with Crippen molar-refractivity contribution >= 4 is 51.6 Å².